The molecule has 1 saturated heterocycles. The highest BCUT2D eigenvalue weighted by Crippen LogP contribution is 2.35. The standard InChI is InChI=1S/C22H17ClF2N4O3S/c23-17-9-19-13(10-26-29(19)15-7-18(24)22(25)21(30)8-15)6-20(17)28-11-14(12-28)27-33(31,32)16-4-2-1-3-5-16/h1-10,14,27,30H,11-12H2. The largest absolute Gasteiger partial charge is 0.505 e. The molecule has 0 spiro atoms. The molecule has 0 amide bonds. The number of nitrogens with one attached hydrogen (secondary N) is 1. The van der Waals surface area contributed by atoms with Crippen molar-refractivity contribution < 1.29 is 22.3 Å². The van der Waals surface area contributed by atoms with Gasteiger partial charge in [-0.15, -0.1) is 0 Å². The molecule has 1 aliphatic heterocycles. The molecular formula is C22H17ClF2N4O3S. The van der Waals surface area contributed by atoms with E-state index in [1.807, 2.05) is 4.90 Å². The van der Waals surface area contributed by atoms with Gasteiger partial charge in [-0.25, -0.2) is 22.2 Å². The predicted molar refractivity (Wildman–Crippen MR) is 120 cm³/mol. The van der Waals surface area contributed by atoms with Crippen LogP contribution < -0.4 is 9.62 Å². The second-order valence-electron chi connectivity index (χ2n) is 7.72. The number of phenolic OH excluding ortho intramolecular Hbond substituents is 1. The molecule has 4 aromatic rings. The Kier molecular flexibility index (Phi) is 5.23. The van der Waals surface area contributed by atoms with Crippen LogP contribution in [0, 0.1) is 11.6 Å². The summed E-state index contributed by atoms with van der Waals surface area (Å²) >= 11 is 6.49. The van der Waals surface area contributed by atoms with E-state index < -0.39 is 27.4 Å². The number of rotatable bonds is 5. The Balaban J connectivity index is 1.36. The van der Waals surface area contributed by atoms with Crippen LogP contribution in [-0.2, 0) is 10.0 Å². The van der Waals surface area contributed by atoms with Gasteiger partial charge in [-0.3, -0.25) is 0 Å². The molecule has 1 fully saturated rings. The first-order chi connectivity index (χ1) is 15.7. The highest BCUT2D eigenvalue weighted by atomic mass is 35.5. The summed E-state index contributed by atoms with van der Waals surface area (Å²) in [5.74, 6) is -3.34. The lowest BCUT2D eigenvalue weighted by atomic mass is 10.1. The summed E-state index contributed by atoms with van der Waals surface area (Å²) in [5.41, 5.74) is 1.38. The van der Waals surface area contributed by atoms with E-state index in [9.17, 15) is 22.3 Å². The summed E-state index contributed by atoms with van der Waals surface area (Å²) in [4.78, 5) is 2.14. The topological polar surface area (TPSA) is 87.5 Å². The summed E-state index contributed by atoms with van der Waals surface area (Å²) in [6.07, 6.45) is 1.54. The molecule has 5 rings (SSSR count). The summed E-state index contributed by atoms with van der Waals surface area (Å²) < 4.78 is 56.2. The lowest BCUT2D eigenvalue weighted by molar-refractivity contribution is 0.406. The lowest BCUT2D eigenvalue weighted by Crippen LogP contribution is -2.59. The molecule has 0 radical (unpaired) electrons. The van der Waals surface area contributed by atoms with Crippen molar-refractivity contribution in [2.75, 3.05) is 18.0 Å². The van der Waals surface area contributed by atoms with Crippen molar-refractivity contribution >= 4 is 38.2 Å². The van der Waals surface area contributed by atoms with Gasteiger partial charge in [0.15, 0.2) is 17.4 Å². The Bertz CT molecular complexity index is 1450. The summed E-state index contributed by atoms with van der Waals surface area (Å²) in [6, 6.07) is 13.3. The van der Waals surface area contributed by atoms with Crippen molar-refractivity contribution in [2.24, 2.45) is 0 Å². The summed E-state index contributed by atoms with van der Waals surface area (Å²) in [6.45, 7) is 0.866. The first-order valence-corrected chi connectivity index (χ1v) is 11.8. The van der Waals surface area contributed by atoms with Gasteiger partial charge in [-0.1, -0.05) is 29.8 Å². The van der Waals surface area contributed by atoms with E-state index in [4.69, 9.17) is 11.6 Å². The van der Waals surface area contributed by atoms with Gasteiger partial charge in [0, 0.05) is 30.6 Å². The molecular weight excluding hydrogens is 474 g/mol. The number of nitrogens with zero attached hydrogens (tertiary/aromatic N) is 3. The average Bonchev–Trinajstić information content (AvgIpc) is 3.17. The van der Waals surface area contributed by atoms with Gasteiger partial charge in [-0.2, -0.15) is 9.49 Å². The second-order valence-corrected chi connectivity index (χ2v) is 9.84. The van der Waals surface area contributed by atoms with E-state index in [2.05, 4.69) is 9.82 Å². The fraction of sp³-hybridized carbons (Fsp3) is 0.136. The van der Waals surface area contributed by atoms with Crippen molar-refractivity contribution in [1.82, 2.24) is 14.5 Å². The lowest BCUT2D eigenvalue weighted by Gasteiger charge is -2.41. The van der Waals surface area contributed by atoms with Crippen molar-refractivity contribution in [1.29, 1.82) is 0 Å². The minimum atomic E-state index is -3.61. The normalized spacial score (nSPS) is 14.6. The molecule has 2 heterocycles. The fourth-order valence-electron chi connectivity index (χ4n) is 3.80. The molecule has 33 heavy (non-hydrogen) atoms. The van der Waals surface area contributed by atoms with E-state index in [0.29, 0.717) is 34.7 Å². The van der Waals surface area contributed by atoms with Gasteiger partial charge >= 0.3 is 0 Å². The van der Waals surface area contributed by atoms with Gasteiger partial charge in [0.1, 0.15) is 0 Å². The molecule has 0 atom stereocenters. The first kappa shape index (κ1) is 21.6. The van der Waals surface area contributed by atoms with Gasteiger partial charge in [-0.05, 0) is 24.3 Å². The Morgan fingerprint density at radius 1 is 1.09 bits per heavy atom. The summed E-state index contributed by atoms with van der Waals surface area (Å²) in [5, 5.41) is 14.9. The summed E-state index contributed by atoms with van der Waals surface area (Å²) in [7, 11) is -3.61. The number of sulfonamides is 1. The van der Waals surface area contributed by atoms with Crippen LogP contribution in [0.5, 0.6) is 5.75 Å². The van der Waals surface area contributed by atoms with Crippen LogP contribution in [0.2, 0.25) is 5.02 Å². The van der Waals surface area contributed by atoms with Crippen molar-refractivity contribution in [3.05, 3.63) is 77.5 Å². The van der Waals surface area contributed by atoms with Crippen LogP contribution in [0.3, 0.4) is 0 Å². The molecule has 0 saturated carbocycles. The number of anilines is 1. The third kappa shape index (κ3) is 3.90. The van der Waals surface area contributed by atoms with Crippen LogP contribution in [0.25, 0.3) is 16.6 Å². The van der Waals surface area contributed by atoms with E-state index in [1.54, 1.807) is 36.5 Å². The molecule has 3 aromatic carbocycles. The highest BCUT2D eigenvalue weighted by Gasteiger charge is 2.32. The number of halogens is 3. The van der Waals surface area contributed by atoms with Crippen molar-refractivity contribution in [3.8, 4) is 11.4 Å². The van der Waals surface area contributed by atoms with Crippen molar-refractivity contribution in [3.63, 3.8) is 0 Å². The third-order valence-corrected chi connectivity index (χ3v) is 7.31. The quantitative estimate of drug-likeness (QED) is 0.444. The smallest absolute Gasteiger partial charge is 0.240 e. The maximum absolute atomic E-state index is 13.7. The van der Waals surface area contributed by atoms with Crippen LogP contribution in [-0.4, -0.2) is 42.4 Å². The number of benzene rings is 3. The molecule has 0 unspecified atom stereocenters. The maximum Gasteiger partial charge on any atom is 0.240 e. The molecule has 0 bridgehead atoms. The van der Waals surface area contributed by atoms with Gasteiger partial charge in [0.05, 0.1) is 39.0 Å². The zero-order valence-corrected chi connectivity index (χ0v) is 18.5. The second kappa shape index (κ2) is 7.98. The number of hydrogen-bond acceptors (Lipinski definition) is 5. The monoisotopic (exact) mass is 490 g/mol. The minimum absolute atomic E-state index is 0.143. The Morgan fingerprint density at radius 2 is 1.82 bits per heavy atom. The number of hydrogen-bond donors (Lipinski definition) is 2. The first-order valence-electron chi connectivity index (χ1n) is 9.91. The Hall–Kier alpha value is -3.21. The molecule has 2 N–H and O–H groups in total. The average molecular weight is 491 g/mol. The zero-order chi connectivity index (χ0) is 23.3. The van der Waals surface area contributed by atoms with Crippen LogP contribution in [0.1, 0.15) is 0 Å². The molecule has 1 aliphatic rings. The Morgan fingerprint density at radius 3 is 2.52 bits per heavy atom. The highest BCUT2D eigenvalue weighted by molar-refractivity contribution is 7.89. The van der Waals surface area contributed by atoms with Gasteiger partial charge in [0.2, 0.25) is 10.0 Å². The molecule has 7 nitrogen and oxygen atoms in total. The fourth-order valence-corrected chi connectivity index (χ4v) is 5.32. The van der Waals surface area contributed by atoms with E-state index in [0.717, 1.165) is 12.1 Å². The predicted octanol–water partition coefficient (Wildman–Crippen LogP) is 3.83. The van der Waals surface area contributed by atoms with E-state index >= 15 is 0 Å². The van der Waals surface area contributed by atoms with Crippen LogP contribution in [0.15, 0.2) is 65.7 Å². The van der Waals surface area contributed by atoms with Crippen LogP contribution in [0.4, 0.5) is 14.5 Å². The third-order valence-electron chi connectivity index (χ3n) is 5.47. The number of phenols is 1. The van der Waals surface area contributed by atoms with Crippen LogP contribution >= 0.6 is 11.6 Å². The van der Waals surface area contributed by atoms with Gasteiger partial charge < -0.3 is 10.0 Å². The van der Waals surface area contributed by atoms with Crippen molar-refractivity contribution in [2.45, 2.75) is 10.9 Å². The molecule has 170 valence electrons. The molecule has 1 aromatic heterocycles. The SMILES string of the molecule is O=S(=O)(NC1CN(c2cc3cnn(-c4cc(O)c(F)c(F)c4)c3cc2Cl)C1)c1ccccc1. The molecule has 11 heteroatoms. The Labute approximate surface area is 192 Å². The van der Waals surface area contributed by atoms with Gasteiger partial charge in [0.25, 0.3) is 0 Å². The number of fused-ring (bicyclic) bond motifs is 1. The minimum Gasteiger partial charge on any atom is -0.505 e. The van der Waals surface area contributed by atoms with E-state index in [-0.39, 0.29) is 16.6 Å². The zero-order valence-electron chi connectivity index (χ0n) is 16.9. The molecule has 0 aliphatic carbocycles. The number of aromatic hydroxyl groups is 1. The maximum atomic E-state index is 13.7. The number of aromatic nitrogens is 2. The van der Waals surface area contributed by atoms with E-state index in [1.165, 1.54) is 16.8 Å².